The topological polar surface area (TPSA) is 43.4 Å². The number of rotatable bonds is 5. The SMILES string of the molecule is c1ccc(COc2ccc(Oc3ccnc4c3CCN4)cc2)cc1. The summed E-state index contributed by atoms with van der Waals surface area (Å²) in [5, 5.41) is 3.26. The van der Waals surface area contributed by atoms with Gasteiger partial charge in [-0.05, 0) is 42.3 Å². The molecule has 0 radical (unpaired) electrons. The number of hydrogen-bond donors (Lipinski definition) is 1. The van der Waals surface area contributed by atoms with E-state index in [1.807, 2.05) is 48.5 Å². The third kappa shape index (κ3) is 3.18. The summed E-state index contributed by atoms with van der Waals surface area (Å²) >= 11 is 0. The molecule has 1 N–H and O–H groups in total. The zero-order chi connectivity index (χ0) is 16.2. The van der Waals surface area contributed by atoms with E-state index in [1.165, 1.54) is 0 Å². The van der Waals surface area contributed by atoms with Crippen molar-refractivity contribution in [3.05, 3.63) is 78.0 Å². The van der Waals surface area contributed by atoms with Gasteiger partial charge < -0.3 is 14.8 Å². The van der Waals surface area contributed by atoms with Crippen molar-refractivity contribution in [2.45, 2.75) is 13.0 Å². The molecule has 2 heterocycles. The van der Waals surface area contributed by atoms with Gasteiger partial charge in [-0.1, -0.05) is 30.3 Å². The maximum absolute atomic E-state index is 6.00. The fourth-order valence-electron chi connectivity index (χ4n) is 2.74. The Morgan fingerprint density at radius 1 is 0.917 bits per heavy atom. The molecule has 0 fully saturated rings. The second-order valence-corrected chi connectivity index (χ2v) is 5.66. The number of aromatic nitrogens is 1. The van der Waals surface area contributed by atoms with Gasteiger partial charge in [0.2, 0.25) is 0 Å². The summed E-state index contributed by atoms with van der Waals surface area (Å²) in [5.74, 6) is 3.41. The molecule has 0 aliphatic carbocycles. The van der Waals surface area contributed by atoms with Crippen LogP contribution in [0.25, 0.3) is 0 Å². The number of nitrogens with zero attached hydrogens (tertiary/aromatic N) is 1. The average molecular weight is 318 g/mol. The van der Waals surface area contributed by atoms with Gasteiger partial charge in [-0.3, -0.25) is 0 Å². The highest BCUT2D eigenvalue weighted by atomic mass is 16.5. The van der Waals surface area contributed by atoms with E-state index >= 15 is 0 Å². The molecule has 1 aliphatic heterocycles. The predicted octanol–water partition coefficient (Wildman–Crippen LogP) is 4.42. The first-order valence-corrected chi connectivity index (χ1v) is 8.05. The minimum absolute atomic E-state index is 0.560. The van der Waals surface area contributed by atoms with Gasteiger partial charge in [0.25, 0.3) is 0 Å². The molecule has 1 aliphatic rings. The van der Waals surface area contributed by atoms with E-state index in [2.05, 4.69) is 22.4 Å². The van der Waals surface area contributed by atoms with Gasteiger partial charge in [0.15, 0.2) is 0 Å². The Morgan fingerprint density at radius 3 is 2.54 bits per heavy atom. The van der Waals surface area contributed by atoms with Crippen molar-refractivity contribution >= 4 is 5.82 Å². The first-order chi connectivity index (χ1) is 11.9. The number of hydrogen-bond acceptors (Lipinski definition) is 4. The summed E-state index contributed by atoms with van der Waals surface area (Å²) in [6.07, 6.45) is 2.71. The predicted molar refractivity (Wildman–Crippen MR) is 93.7 cm³/mol. The van der Waals surface area contributed by atoms with Crippen molar-refractivity contribution in [3.63, 3.8) is 0 Å². The molecule has 0 spiro atoms. The lowest BCUT2D eigenvalue weighted by molar-refractivity contribution is 0.306. The van der Waals surface area contributed by atoms with E-state index in [1.54, 1.807) is 6.20 Å². The van der Waals surface area contributed by atoms with E-state index in [0.29, 0.717) is 6.61 Å². The Morgan fingerprint density at radius 2 is 1.71 bits per heavy atom. The summed E-state index contributed by atoms with van der Waals surface area (Å²) < 4.78 is 11.8. The van der Waals surface area contributed by atoms with Gasteiger partial charge in [0.1, 0.15) is 29.7 Å². The van der Waals surface area contributed by atoms with E-state index in [0.717, 1.165) is 47.2 Å². The highest BCUT2D eigenvalue weighted by Gasteiger charge is 2.16. The number of pyridine rings is 1. The summed E-state index contributed by atoms with van der Waals surface area (Å²) in [4.78, 5) is 4.32. The van der Waals surface area contributed by atoms with Gasteiger partial charge in [-0.15, -0.1) is 0 Å². The molecule has 0 amide bonds. The lowest BCUT2D eigenvalue weighted by Crippen LogP contribution is -1.95. The second-order valence-electron chi connectivity index (χ2n) is 5.66. The fraction of sp³-hybridized carbons (Fsp3) is 0.150. The van der Waals surface area contributed by atoms with Crippen molar-refractivity contribution in [1.29, 1.82) is 0 Å². The van der Waals surface area contributed by atoms with Crippen molar-refractivity contribution < 1.29 is 9.47 Å². The lowest BCUT2D eigenvalue weighted by atomic mass is 10.2. The fourth-order valence-corrected chi connectivity index (χ4v) is 2.74. The Hall–Kier alpha value is -3.01. The highest BCUT2D eigenvalue weighted by molar-refractivity contribution is 5.56. The molecule has 3 aromatic rings. The number of nitrogens with one attached hydrogen (secondary N) is 1. The highest BCUT2D eigenvalue weighted by Crippen LogP contribution is 2.32. The standard InChI is InChI=1S/C20H18N2O2/c1-2-4-15(5-3-1)14-23-16-6-8-17(9-7-16)24-19-11-13-22-20-18(19)10-12-21-20/h1-9,11,13H,10,12,14H2,(H,21,22). The van der Waals surface area contributed by atoms with E-state index in [-0.39, 0.29) is 0 Å². The van der Waals surface area contributed by atoms with E-state index in [4.69, 9.17) is 9.47 Å². The molecule has 120 valence electrons. The van der Waals surface area contributed by atoms with Crippen LogP contribution in [-0.2, 0) is 13.0 Å². The van der Waals surface area contributed by atoms with Crippen molar-refractivity contribution in [2.24, 2.45) is 0 Å². The number of fused-ring (bicyclic) bond motifs is 1. The van der Waals surface area contributed by atoms with Crippen LogP contribution in [0.2, 0.25) is 0 Å². The molecule has 0 saturated carbocycles. The molecule has 0 atom stereocenters. The first kappa shape index (κ1) is 14.6. The molecular weight excluding hydrogens is 300 g/mol. The summed E-state index contributed by atoms with van der Waals surface area (Å²) in [6, 6.07) is 19.7. The summed E-state index contributed by atoms with van der Waals surface area (Å²) in [7, 11) is 0. The van der Waals surface area contributed by atoms with Crippen molar-refractivity contribution in [2.75, 3.05) is 11.9 Å². The molecule has 4 nitrogen and oxygen atoms in total. The zero-order valence-corrected chi connectivity index (χ0v) is 13.2. The lowest BCUT2D eigenvalue weighted by Gasteiger charge is -2.10. The van der Waals surface area contributed by atoms with Crippen LogP contribution in [0.4, 0.5) is 5.82 Å². The van der Waals surface area contributed by atoms with Crippen LogP contribution in [0.15, 0.2) is 66.9 Å². The normalized spacial score (nSPS) is 12.3. The van der Waals surface area contributed by atoms with Crippen LogP contribution < -0.4 is 14.8 Å². The molecule has 0 unspecified atom stereocenters. The Balaban J connectivity index is 1.42. The summed E-state index contributed by atoms with van der Waals surface area (Å²) in [5.41, 5.74) is 2.29. The maximum atomic E-state index is 6.00. The Labute approximate surface area is 141 Å². The largest absolute Gasteiger partial charge is 0.489 e. The third-order valence-corrected chi connectivity index (χ3v) is 3.98. The molecule has 4 rings (SSSR count). The third-order valence-electron chi connectivity index (χ3n) is 3.98. The van der Waals surface area contributed by atoms with Crippen molar-refractivity contribution in [1.82, 2.24) is 4.98 Å². The molecular formula is C20H18N2O2. The Bertz CT molecular complexity index is 817. The molecule has 0 bridgehead atoms. The van der Waals surface area contributed by atoms with Crippen LogP contribution in [0, 0.1) is 0 Å². The number of ether oxygens (including phenoxy) is 2. The maximum Gasteiger partial charge on any atom is 0.135 e. The van der Waals surface area contributed by atoms with Gasteiger partial charge in [0.05, 0.1) is 0 Å². The van der Waals surface area contributed by atoms with E-state index < -0.39 is 0 Å². The quantitative estimate of drug-likeness (QED) is 0.756. The summed E-state index contributed by atoms with van der Waals surface area (Å²) in [6.45, 7) is 1.47. The molecule has 2 aromatic carbocycles. The van der Waals surface area contributed by atoms with Gasteiger partial charge in [-0.2, -0.15) is 0 Å². The number of anilines is 1. The zero-order valence-electron chi connectivity index (χ0n) is 13.2. The van der Waals surface area contributed by atoms with Crippen LogP contribution in [-0.4, -0.2) is 11.5 Å². The molecule has 0 saturated heterocycles. The molecule has 24 heavy (non-hydrogen) atoms. The van der Waals surface area contributed by atoms with Gasteiger partial charge in [0, 0.05) is 18.3 Å². The minimum Gasteiger partial charge on any atom is -0.489 e. The monoisotopic (exact) mass is 318 g/mol. The van der Waals surface area contributed by atoms with Gasteiger partial charge >= 0.3 is 0 Å². The van der Waals surface area contributed by atoms with Crippen LogP contribution >= 0.6 is 0 Å². The average Bonchev–Trinajstić information content (AvgIpc) is 3.12. The van der Waals surface area contributed by atoms with Crippen LogP contribution in [0.3, 0.4) is 0 Å². The minimum atomic E-state index is 0.560. The van der Waals surface area contributed by atoms with E-state index in [9.17, 15) is 0 Å². The van der Waals surface area contributed by atoms with Gasteiger partial charge in [-0.25, -0.2) is 4.98 Å². The van der Waals surface area contributed by atoms with Crippen LogP contribution in [0.5, 0.6) is 17.2 Å². The van der Waals surface area contributed by atoms with Crippen LogP contribution in [0.1, 0.15) is 11.1 Å². The Kier molecular flexibility index (Phi) is 4.02. The number of benzene rings is 2. The molecule has 4 heteroatoms. The van der Waals surface area contributed by atoms with Crippen molar-refractivity contribution in [3.8, 4) is 17.2 Å². The smallest absolute Gasteiger partial charge is 0.135 e. The molecule has 1 aromatic heterocycles. The second kappa shape index (κ2) is 6.62. The first-order valence-electron chi connectivity index (χ1n) is 8.05.